The first-order chi connectivity index (χ1) is 13.1. The summed E-state index contributed by atoms with van der Waals surface area (Å²) in [4.78, 5) is 21.5. The van der Waals surface area contributed by atoms with Gasteiger partial charge < -0.3 is 4.52 Å². The highest BCUT2D eigenvalue weighted by Crippen LogP contribution is 2.54. The molecule has 2 heterocycles. The molecule has 0 radical (unpaired) electrons. The van der Waals surface area contributed by atoms with Gasteiger partial charge in [0.25, 0.3) is 5.56 Å². The van der Waals surface area contributed by atoms with Crippen molar-refractivity contribution >= 4 is 10.9 Å². The Morgan fingerprint density at radius 1 is 1.11 bits per heavy atom. The second-order valence-corrected chi connectivity index (χ2v) is 7.96. The fourth-order valence-corrected chi connectivity index (χ4v) is 4.52. The van der Waals surface area contributed by atoms with Crippen molar-refractivity contribution in [3.8, 4) is 0 Å². The third-order valence-electron chi connectivity index (χ3n) is 6.38. The van der Waals surface area contributed by atoms with Gasteiger partial charge >= 0.3 is 0 Å². The predicted molar refractivity (Wildman–Crippen MR) is 97.2 cm³/mol. The summed E-state index contributed by atoms with van der Waals surface area (Å²) < 4.78 is 21.5. The third kappa shape index (κ3) is 2.76. The van der Waals surface area contributed by atoms with Gasteiger partial charge in [-0.3, -0.25) is 9.36 Å². The van der Waals surface area contributed by atoms with E-state index in [0.29, 0.717) is 54.8 Å². The van der Waals surface area contributed by atoms with Crippen molar-refractivity contribution in [1.29, 1.82) is 0 Å². The Labute approximate surface area is 155 Å². The summed E-state index contributed by atoms with van der Waals surface area (Å²) in [5, 5.41) is 4.71. The van der Waals surface area contributed by atoms with Gasteiger partial charge in [0, 0.05) is 13.0 Å². The molecular weight excluding hydrogens is 347 g/mol. The fraction of sp³-hybridized carbons (Fsp3) is 0.500. The lowest BCUT2D eigenvalue weighted by molar-refractivity contribution is -0.00826. The first-order valence-electron chi connectivity index (χ1n) is 9.53. The monoisotopic (exact) mass is 368 g/mol. The number of para-hydroxylation sites is 1. The van der Waals surface area contributed by atoms with E-state index in [1.165, 1.54) is 0 Å². The van der Waals surface area contributed by atoms with Crippen LogP contribution in [0.2, 0.25) is 0 Å². The zero-order chi connectivity index (χ0) is 18.5. The quantitative estimate of drug-likeness (QED) is 0.706. The van der Waals surface area contributed by atoms with E-state index in [1.54, 1.807) is 17.0 Å². The lowest BCUT2D eigenvalue weighted by Gasteiger charge is -2.47. The number of hydrogen-bond acceptors (Lipinski definition) is 5. The number of benzene rings is 1. The summed E-state index contributed by atoms with van der Waals surface area (Å²) in [7, 11) is 0. The van der Waals surface area contributed by atoms with Crippen LogP contribution in [0.5, 0.6) is 0 Å². The maximum atomic E-state index is 14.4. The van der Waals surface area contributed by atoms with Crippen LogP contribution >= 0.6 is 0 Å². The molecule has 0 unspecified atom stereocenters. The number of alkyl halides is 1. The Morgan fingerprint density at radius 2 is 1.85 bits per heavy atom. The van der Waals surface area contributed by atoms with E-state index in [2.05, 4.69) is 15.1 Å². The molecule has 6 nitrogen and oxygen atoms in total. The molecule has 0 amide bonds. The highest BCUT2D eigenvalue weighted by Gasteiger charge is 2.52. The van der Waals surface area contributed by atoms with Crippen LogP contribution in [0.15, 0.2) is 39.9 Å². The van der Waals surface area contributed by atoms with Gasteiger partial charge in [-0.1, -0.05) is 17.3 Å². The second kappa shape index (κ2) is 5.97. The Hall–Kier alpha value is -2.57. The summed E-state index contributed by atoms with van der Waals surface area (Å²) in [6, 6.07) is 7.31. The zero-order valence-corrected chi connectivity index (χ0v) is 15.0. The predicted octanol–water partition coefficient (Wildman–Crippen LogP) is 3.34. The average Bonchev–Trinajstić information content (AvgIpc) is 3.18. The number of rotatable bonds is 4. The first-order valence-corrected chi connectivity index (χ1v) is 9.53. The number of halogens is 1. The van der Waals surface area contributed by atoms with Crippen molar-refractivity contribution < 1.29 is 8.91 Å². The van der Waals surface area contributed by atoms with E-state index in [4.69, 9.17) is 4.52 Å². The van der Waals surface area contributed by atoms with E-state index in [0.717, 1.165) is 19.3 Å². The number of aromatic nitrogens is 4. The molecule has 0 N–H and O–H groups in total. The van der Waals surface area contributed by atoms with Crippen LogP contribution < -0.4 is 5.56 Å². The lowest BCUT2D eigenvalue weighted by atomic mass is 9.59. The van der Waals surface area contributed by atoms with Gasteiger partial charge in [-0.15, -0.1) is 0 Å². The van der Waals surface area contributed by atoms with E-state index < -0.39 is 5.67 Å². The van der Waals surface area contributed by atoms with Gasteiger partial charge in [-0.05, 0) is 50.7 Å². The summed E-state index contributed by atoms with van der Waals surface area (Å²) in [5.41, 5.74) is -0.505. The van der Waals surface area contributed by atoms with E-state index >= 15 is 0 Å². The molecular formula is C20H21FN4O2. The first kappa shape index (κ1) is 16.6. The summed E-state index contributed by atoms with van der Waals surface area (Å²) in [6.45, 7) is 0.441. The smallest absolute Gasteiger partial charge is 0.261 e. The van der Waals surface area contributed by atoms with E-state index in [9.17, 15) is 9.18 Å². The maximum Gasteiger partial charge on any atom is 0.261 e. The van der Waals surface area contributed by atoms with Crippen LogP contribution in [-0.2, 0) is 18.4 Å². The molecule has 3 saturated carbocycles. The SMILES string of the molecule is O=c1c2ccccc2ncn1CCc1noc(C23CCC(F)(CC2)CC3)n1. The molecule has 2 bridgehead atoms. The fourth-order valence-electron chi connectivity index (χ4n) is 4.52. The molecule has 1 aromatic carbocycles. The average molecular weight is 368 g/mol. The molecule has 27 heavy (non-hydrogen) atoms. The van der Waals surface area contributed by atoms with Gasteiger partial charge in [-0.2, -0.15) is 4.98 Å². The maximum absolute atomic E-state index is 14.4. The summed E-state index contributed by atoms with van der Waals surface area (Å²) >= 11 is 0. The molecule has 0 saturated heterocycles. The molecule has 2 aromatic heterocycles. The molecule has 3 aromatic rings. The molecule has 7 heteroatoms. The van der Waals surface area contributed by atoms with Crippen LogP contribution in [0.4, 0.5) is 4.39 Å². The number of aryl methyl sites for hydroxylation is 2. The Morgan fingerprint density at radius 3 is 2.63 bits per heavy atom. The molecule has 0 aliphatic heterocycles. The van der Waals surface area contributed by atoms with Gasteiger partial charge in [0.15, 0.2) is 5.82 Å². The van der Waals surface area contributed by atoms with Gasteiger partial charge in [-0.25, -0.2) is 9.37 Å². The van der Waals surface area contributed by atoms with Crippen LogP contribution in [0.25, 0.3) is 10.9 Å². The summed E-state index contributed by atoms with van der Waals surface area (Å²) in [6.07, 6.45) is 6.15. The Kier molecular flexibility index (Phi) is 3.67. The van der Waals surface area contributed by atoms with Crippen molar-refractivity contribution in [2.24, 2.45) is 0 Å². The van der Waals surface area contributed by atoms with Crippen molar-refractivity contribution in [2.75, 3.05) is 0 Å². The van der Waals surface area contributed by atoms with Gasteiger partial charge in [0.1, 0.15) is 5.67 Å². The van der Waals surface area contributed by atoms with E-state index in [-0.39, 0.29) is 11.0 Å². The Bertz CT molecular complexity index is 1030. The van der Waals surface area contributed by atoms with Crippen molar-refractivity contribution in [3.63, 3.8) is 0 Å². The third-order valence-corrected chi connectivity index (χ3v) is 6.38. The molecule has 0 spiro atoms. The molecule has 0 atom stereocenters. The van der Waals surface area contributed by atoms with E-state index in [1.807, 2.05) is 18.2 Å². The standard InChI is InChI=1S/C20H21FN4O2/c21-20-9-6-19(7-10-20,8-11-20)18-23-16(24-27-18)5-12-25-13-22-15-4-2-1-3-14(15)17(25)26/h1-4,13H,5-12H2. The molecule has 3 aliphatic carbocycles. The van der Waals surface area contributed by atoms with Crippen molar-refractivity contribution in [2.45, 2.75) is 62.6 Å². The molecule has 3 aliphatic rings. The van der Waals surface area contributed by atoms with Crippen LogP contribution in [0.1, 0.15) is 50.2 Å². The minimum absolute atomic E-state index is 0.0678. The van der Waals surface area contributed by atoms with Crippen molar-refractivity contribution in [1.82, 2.24) is 19.7 Å². The van der Waals surface area contributed by atoms with Crippen molar-refractivity contribution in [3.05, 3.63) is 52.7 Å². The molecule has 6 rings (SSSR count). The van der Waals surface area contributed by atoms with Crippen LogP contribution in [0, 0.1) is 0 Å². The number of nitrogens with zero attached hydrogens (tertiary/aromatic N) is 4. The van der Waals surface area contributed by atoms with Gasteiger partial charge in [0.05, 0.1) is 22.6 Å². The zero-order valence-electron chi connectivity index (χ0n) is 15.0. The number of hydrogen-bond donors (Lipinski definition) is 0. The van der Waals surface area contributed by atoms with Crippen LogP contribution in [0.3, 0.4) is 0 Å². The molecule has 3 fully saturated rings. The summed E-state index contributed by atoms with van der Waals surface area (Å²) in [5.74, 6) is 1.23. The topological polar surface area (TPSA) is 73.8 Å². The molecule has 140 valence electrons. The number of fused-ring (bicyclic) bond motifs is 4. The highest BCUT2D eigenvalue weighted by molar-refractivity contribution is 5.76. The second-order valence-electron chi connectivity index (χ2n) is 7.96. The Balaban J connectivity index is 1.33. The highest BCUT2D eigenvalue weighted by atomic mass is 19.1. The largest absolute Gasteiger partial charge is 0.339 e. The normalized spacial score (nSPS) is 27.3. The van der Waals surface area contributed by atoms with Crippen LogP contribution in [-0.4, -0.2) is 25.4 Å². The minimum Gasteiger partial charge on any atom is -0.339 e. The van der Waals surface area contributed by atoms with Gasteiger partial charge in [0.2, 0.25) is 5.89 Å². The minimum atomic E-state index is -0.977. The lowest BCUT2D eigenvalue weighted by Crippen LogP contribution is -2.45.